The minimum absolute atomic E-state index is 0.0467. The number of benzene rings is 1. The van der Waals surface area contributed by atoms with Crippen LogP contribution < -0.4 is 10.0 Å². The highest BCUT2D eigenvalue weighted by molar-refractivity contribution is 7.89. The second-order valence-corrected chi connectivity index (χ2v) is 8.52. The van der Waals surface area contributed by atoms with Crippen LogP contribution in [0.5, 0.6) is 0 Å². The van der Waals surface area contributed by atoms with E-state index in [0.717, 1.165) is 18.4 Å². The van der Waals surface area contributed by atoms with E-state index < -0.39 is 16.0 Å². The molecule has 136 valence electrons. The van der Waals surface area contributed by atoms with Crippen molar-refractivity contribution in [1.29, 1.82) is 0 Å². The van der Waals surface area contributed by atoms with E-state index in [1.54, 1.807) is 24.3 Å². The SMILES string of the molecule is O=C(CCc1ccc(S(=O)(=O)NC2CC2)cc1)NC1CC(C(=O)O)C1. The van der Waals surface area contributed by atoms with Crippen LogP contribution in [0.25, 0.3) is 0 Å². The van der Waals surface area contributed by atoms with Gasteiger partial charge in [0.1, 0.15) is 0 Å². The van der Waals surface area contributed by atoms with Crippen molar-refractivity contribution in [3.05, 3.63) is 29.8 Å². The summed E-state index contributed by atoms with van der Waals surface area (Å²) in [5.74, 6) is -1.26. The maximum atomic E-state index is 12.1. The van der Waals surface area contributed by atoms with Gasteiger partial charge in [-0.1, -0.05) is 12.1 Å². The summed E-state index contributed by atoms with van der Waals surface area (Å²) in [6, 6.07) is 6.58. The van der Waals surface area contributed by atoms with E-state index in [4.69, 9.17) is 5.11 Å². The van der Waals surface area contributed by atoms with Crippen molar-refractivity contribution in [3.63, 3.8) is 0 Å². The van der Waals surface area contributed by atoms with Crippen LogP contribution in [0, 0.1) is 5.92 Å². The minimum atomic E-state index is -3.45. The lowest BCUT2D eigenvalue weighted by molar-refractivity contribution is -0.146. The molecule has 0 bridgehead atoms. The molecule has 2 aliphatic carbocycles. The van der Waals surface area contributed by atoms with Crippen LogP contribution in [0.2, 0.25) is 0 Å². The quantitative estimate of drug-likeness (QED) is 0.636. The van der Waals surface area contributed by atoms with E-state index in [1.807, 2.05) is 0 Å². The summed E-state index contributed by atoms with van der Waals surface area (Å²) in [7, 11) is -3.45. The van der Waals surface area contributed by atoms with Crippen molar-refractivity contribution in [1.82, 2.24) is 10.0 Å². The first kappa shape index (κ1) is 17.9. The number of carboxylic acid groups (broad SMARTS) is 1. The normalized spacial score (nSPS) is 22.9. The molecule has 0 aromatic heterocycles. The molecule has 3 rings (SSSR count). The molecule has 2 fully saturated rings. The minimum Gasteiger partial charge on any atom is -0.481 e. The molecule has 0 atom stereocenters. The Morgan fingerprint density at radius 2 is 1.72 bits per heavy atom. The standard InChI is InChI=1S/C17H22N2O5S/c20-16(18-14-9-12(10-14)17(21)22)8-3-11-1-6-15(7-2-11)25(23,24)19-13-4-5-13/h1-2,6-7,12-14,19H,3-5,8-10H2,(H,18,20)(H,21,22). The number of aryl methyl sites for hydroxylation is 1. The molecule has 0 unspecified atom stereocenters. The number of rotatable bonds is 8. The maximum Gasteiger partial charge on any atom is 0.306 e. The van der Waals surface area contributed by atoms with Gasteiger partial charge < -0.3 is 10.4 Å². The zero-order valence-electron chi connectivity index (χ0n) is 13.8. The van der Waals surface area contributed by atoms with Gasteiger partial charge in [0, 0.05) is 18.5 Å². The molecule has 1 aromatic carbocycles. The largest absolute Gasteiger partial charge is 0.481 e. The lowest BCUT2D eigenvalue weighted by Crippen LogP contribution is -2.46. The molecule has 0 saturated heterocycles. The van der Waals surface area contributed by atoms with E-state index in [9.17, 15) is 18.0 Å². The topological polar surface area (TPSA) is 113 Å². The average molecular weight is 366 g/mol. The fourth-order valence-corrected chi connectivity index (χ4v) is 4.12. The molecule has 1 aromatic rings. The van der Waals surface area contributed by atoms with Gasteiger partial charge in [-0.2, -0.15) is 0 Å². The van der Waals surface area contributed by atoms with Crippen molar-refractivity contribution in [3.8, 4) is 0 Å². The summed E-state index contributed by atoms with van der Waals surface area (Å²) in [6.45, 7) is 0. The number of carbonyl (C=O) groups is 2. The smallest absolute Gasteiger partial charge is 0.306 e. The summed E-state index contributed by atoms with van der Waals surface area (Å²) in [5.41, 5.74) is 0.887. The van der Waals surface area contributed by atoms with Gasteiger partial charge in [0.25, 0.3) is 0 Å². The third-order valence-electron chi connectivity index (χ3n) is 4.63. The van der Waals surface area contributed by atoms with Crippen molar-refractivity contribution in [2.75, 3.05) is 0 Å². The van der Waals surface area contributed by atoms with Gasteiger partial charge in [0.2, 0.25) is 15.9 Å². The molecule has 7 nitrogen and oxygen atoms in total. The summed E-state index contributed by atoms with van der Waals surface area (Å²) in [5, 5.41) is 11.6. The fourth-order valence-electron chi connectivity index (χ4n) is 2.82. The molecule has 1 amide bonds. The molecule has 0 spiro atoms. The van der Waals surface area contributed by atoms with Crippen LogP contribution in [0.1, 0.15) is 37.7 Å². The molecule has 0 heterocycles. The summed E-state index contributed by atoms with van der Waals surface area (Å²) >= 11 is 0. The Labute approximate surface area is 146 Å². The van der Waals surface area contributed by atoms with E-state index in [2.05, 4.69) is 10.0 Å². The number of carboxylic acids is 1. The van der Waals surface area contributed by atoms with Crippen LogP contribution >= 0.6 is 0 Å². The zero-order chi connectivity index (χ0) is 18.0. The lowest BCUT2D eigenvalue weighted by atomic mass is 9.80. The van der Waals surface area contributed by atoms with Gasteiger partial charge in [-0.15, -0.1) is 0 Å². The van der Waals surface area contributed by atoms with Crippen LogP contribution in [0.4, 0.5) is 0 Å². The van der Waals surface area contributed by atoms with Crippen molar-refractivity contribution in [2.45, 2.75) is 55.5 Å². The number of sulfonamides is 1. The van der Waals surface area contributed by atoms with E-state index in [0.29, 0.717) is 25.7 Å². The highest BCUT2D eigenvalue weighted by Gasteiger charge is 2.35. The number of carbonyl (C=O) groups excluding carboxylic acids is 1. The van der Waals surface area contributed by atoms with Crippen molar-refractivity contribution in [2.24, 2.45) is 5.92 Å². The first-order chi connectivity index (χ1) is 11.8. The monoisotopic (exact) mass is 366 g/mol. The van der Waals surface area contributed by atoms with Crippen LogP contribution in [-0.2, 0) is 26.0 Å². The Kier molecular flexibility index (Phi) is 5.10. The average Bonchev–Trinajstić information content (AvgIpc) is 3.31. The predicted molar refractivity (Wildman–Crippen MR) is 90.4 cm³/mol. The third-order valence-corrected chi connectivity index (χ3v) is 6.16. The number of hydrogen-bond acceptors (Lipinski definition) is 4. The van der Waals surface area contributed by atoms with Crippen LogP contribution in [0.15, 0.2) is 29.2 Å². The van der Waals surface area contributed by atoms with Gasteiger partial charge in [-0.25, -0.2) is 13.1 Å². The Morgan fingerprint density at radius 1 is 1.08 bits per heavy atom. The number of nitrogens with one attached hydrogen (secondary N) is 2. The third kappa shape index (κ3) is 4.79. The molecule has 25 heavy (non-hydrogen) atoms. The van der Waals surface area contributed by atoms with Gasteiger partial charge >= 0.3 is 5.97 Å². The lowest BCUT2D eigenvalue weighted by Gasteiger charge is -2.32. The fraction of sp³-hybridized carbons (Fsp3) is 0.529. The molecule has 2 aliphatic rings. The maximum absolute atomic E-state index is 12.1. The molecule has 2 saturated carbocycles. The van der Waals surface area contributed by atoms with Gasteiger partial charge in [0.15, 0.2) is 0 Å². The summed E-state index contributed by atoms with van der Waals surface area (Å²) < 4.78 is 26.8. The van der Waals surface area contributed by atoms with Crippen molar-refractivity contribution < 1.29 is 23.1 Å². The second-order valence-electron chi connectivity index (χ2n) is 6.81. The van der Waals surface area contributed by atoms with Crippen LogP contribution in [0.3, 0.4) is 0 Å². The summed E-state index contributed by atoms with van der Waals surface area (Å²) in [4.78, 5) is 22.8. The van der Waals surface area contributed by atoms with Crippen LogP contribution in [-0.4, -0.2) is 37.5 Å². The van der Waals surface area contributed by atoms with E-state index >= 15 is 0 Å². The first-order valence-electron chi connectivity index (χ1n) is 8.47. The molecule has 0 aliphatic heterocycles. The second kappa shape index (κ2) is 7.13. The molecule has 8 heteroatoms. The van der Waals surface area contributed by atoms with Gasteiger partial charge in [-0.3, -0.25) is 9.59 Å². The Hall–Kier alpha value is -1.93. The Balaban J connectivity index is 1.44. The number of hydrogen-bond donors (Lipinski definition) is 3. The van der Waals surface area contributed by atoms with Gasteiger partial charge in [0.05, 0.1) is 10.8 Å². The van der Waals surface area contributed by atoms with Crippen molar-refractivity contribution >= 4 is 21.9 Å². The zero-order valence-corrected chi connectivity index (χ0v) is 14.6. The van der Waals surface area contributed by atoms with Gasteiger partial charge in [-0.05, 0) is 49.8 Å². The molecule has 3 N–H and O–H groups in total. The molecular formula is C17H22N2O5S. The van der Waals surface area contributed by atoms with E-state index in [1.165, 1.54) is 0 Å². The Morgan fingerprint density at radius 3 is 2.28 bits per heavy atom. The van der Waals surface area contributed by atoms with E-state index in [-0.39, 0.29) is 28.8 Å². The highest BCUT2D eigenvalue weighted by Crippen LogP contribution is 2.27. The first-order valence-corrected chi connectivity index (χ1v) is 9.95. The molecular weight excluding hydrogens is 344 g/mol. The summed E-state index contributed by atoms with van der Waals surface area (Å²) in [6.07, 6.45) is 3.56. The predicted octanol–water partition coefficient (Wildman–Crippen LogP) is 1.04. The Bertz CT molecular complexity index is 750. The number of aliphatic carboxylic acids is 1. The molecule has 0 radical (unpaired) electrons. The number of amides is 1. The highest BCUT2D eigenvalue weighted by atomic mass is 32.2.